The predicted molar refractivity (Wildman–Crippen MR) is 68.8 cm³/mol. The molecular formula is C13H19N3O3. The summed E-state index contributed by atoms with van der Waals surface area (Å²) < 4.78 is 6.83. The van der Waals surface area contributed by atoms with Gasteiger partial charge in [0.05, 0.1) is 17.7 Å². The molecule has 0 aliphatic carbocycles. The number of likely N-dealkylation sites (tertiary alicyclic amines) is 1. The first-order valence-electron chi connectivity index (χ1n) is 6.27. The zero-order chi connectivity index (χ0) is 14.2. The lowest BCUT2D eigenvalue weighted by Gasteiger charge is -2.38. The van der Waals surface area contributed by atoms with E-state index in [4.69, 9.17) is 4.74 Å². The van der Waals surface area contributed by atoms with E-state index in [1.807, 2.05) is 20.8 Å². The van der Waals surface area contributed by atoms with Gasteiger partial charge >= 0.3 is 6.09 Å². The first-order chi connectivity index (χ1) is 8.76. The zero-order valence-corrected chi connectivity index (χ0v) is 11.7. The molecule has 0 spiro atoms. The van der Waals surface area contributed by atoms with Crippen molar-refractivity contribution in [1.82, 2.24) is 14.7 Å². The molecule has 1 saturated heterocycles. The second kappa shape index (κ2) is 4.68. The van der Waals surface area contributed by atoms with Gasteiger partial charge in [-0.25, -0.2) is 4.79 Å². The summed E-state index contributed by atoms with van der Waals surface area (Å²) in [6, 6.07) is 0. The fraction of sp³-hybridized carbons (Fsp3) is 0.615. The van der Waals surface area contributed by atoms with Crippen LogP contribution in [0.3, 0.4) is 0 Å². The number of rotatable bonds is 2. The maximum Gasteiger partial charge on any atom is 0.410 e. The average molecular weight is 265 g/mol. The molecule has 0 atom stereocenters. The summed E-state index contributed by atoms with van der Waals surface area (Å²) in [7, 11) is 1.77. The third-order valence-electron chi connectivity index (χ3n) is 2.89. The highest BCUT2D eigenvalue weighted by atomic mass is 16.6. The van der Waals surface area contributed by atoms with Crippen LogP contribution in [0.2, 0.25) is 0 Å². The molecule has 19 heavy (non-hydrogen) atoms. The van der Waals surface area contributed by atoms with Crippen molar-refractivity contribution in [2.75, 3.05) is 13.1 Å². The number of aromatic nitrogens is 2. The molecule has 2 heterocycles. The Hall–Kier alpha value is -1.85. The van der Waals surface area contributed by atoms with Crippen LogP contribution in [0, 0.1) is 5.92 Å². The van der Waals surface area contributed by atoms with E-state index in [1.54, 1.807) is 29.0 Å². The van der Waals surface area contributed by atoms with Crippen molar-refractivity contribution in [1.29, 1.82) is 0 Å². The van der Waals surface area contributed by atoms with Gasteiger partial charge in [0.25, 0.3) is 0 Å². The summed E-state index contributed by atoms with van der Waals surface area (Å²) in [5.74, 6) is -0.107. The van der Waals surface area contributed by atoms with Crippen LogP contribution in [0.15, 0.2) is 12.4 Å². The molecule has 0 radical (unpaired) electrons. The lowest BCUT2D eigenvalue weighted by molar-refractivity contribution is 0.00149. The number of ketones is 1. The third-order valence-corrected chi connectivity index (χ3v) is 2.89. The highest BCUT2D eigenvalue weighted by molar-refractivity contribution is 5.98. The summed E-state index contributed by atoms with van der Waals surface area (Å²) >= 11 is 0. The van der Waals surface area contributed by atoms with E-state index >= 15 is 0 Å². The number of aryl methyl sites for hydroxylation is 1. The van der Waals surface area contributed by atoms with E-state index < -0.39 is 5.60 Å². The SMILES string of the molecule is Cn1cc(C(=O)C2CN(C(=O)OC(C)(C)C)C2)cn1. The largest absolute Gasteiger partial charge is 0.444 e. The first kappa shape index (κ1) is 13.6. The Morgan fingerprint density at radius 3 is 2.47 bits per heavy atom. The standard InChI is InChI=1S/C13H19N3O3/c1-13(2,3)19-12(18)16-7-10(8-16)11(17)9-5-14-15(4)6-9/h5-6,10H,7-8H2,1-4H3. The number of hydrogen-bond donors (Lipinski definition) is 0. The number of carbonyl (C=O) groups is 2. The van der Waals surface area contributed by atoms with E-state index in [0.29, 0.717) is 18.7 Å². The second-order valence-corrected chi connectivity index (χ2v) is 5.85. The average Bonchev–Trinajstić information content (AvgIpc) is 2.59. The van der Waals surface area contributed by atoms with Gasteiger partial charge in [-0.1, -0.05) is 0 Å². The molecule has 2 rings (SSSR count). The van der Waals surface area contributed by atoms with Crippen molar-refractivity contribution in [2.24, 2.45) is 13.0 Å². The monoisotopic (exact) mass is 265 g/mol. The molecule has 1 aliphatic rings. The van der Waals surface area contributed by atoms with Crippen LogP contribution >= 0.6 is 0 Å². The molecule has 1 aliphatic heterocycles. The van der Waals surface area contributed by atoms with Gasteiger partial charge in [0, 0.05) is 26.3 Å². The molecule has 104 valence electrons. The number of ether oxygens (including phenoxy) is 1. The summed E-state index contributed by atoms with van der Waals surface area (Å²) in [5, 5.41) is 3.97. The van der Waals surface area contributed by atoms with Gasteiger partial charge in [-0.15, -0.1) is 0 Å². The van der Waals surface area contributed by atoms with Crippen molar-refractivity contribution in [3.05, 3.63) is 18.0 Å². The number of amides is 1. The van der Waals surface area contributed by atoms with Crippen molar-refractivity contribution in [3.8, 4) is 0 Å². The first-order valence-corrected chi connectivity index (χ1v) is 6.27. The molecule has 0 bridgehead atoms. The molecule has 1 aromatic rings. The Kier molecular flexibility index (Phi) is 3.34. The summed E-state index contributed by atoms with van der Waals surface area (Å²) in [4.78, 5) is 25.3. The van der Waals surface area contributed by atoms with Crippen LogP contribution in [0.5, 0.6) is 0 Å². The van der Waals surface area contributed by atoms with Crippen LogP contribution in [-0.2, 0) is 11.8 Å². The lowest BCUT2D eigenvalue weighted by atomic mass is 9.92. The van der Waals surface area contributed by atoms with Crippen molar-refractivity contribution >= 4 is 11.9 Å². The van der Waals surface area contributed by atoms with Crippen LogP contribution in [0.25, 0.3) is 0 Å². The minimum atomic E-state index is -0.504. The topological polar surface area (TPSA) is 64.4 Å². The van der Waals surface area contributed by atoms with Gasteiger partial charge in [-0.3, -0.25) is 9.48 Å². The van der Waals surface area contributed by atoms with E-state index in [2.05, 4.69) is 5.10 Å². The van der Waals surface area contributed by atoms with Crippen LogP contribution < -0.4 is 0 Å². The molecular weight excluding hydrogens is 246 g/mol. The summed E-state index contributed by atoms with van der Waals surface area (Å²) in [6.07, 6.45) is 2.89. The zero-order valence-electron chi connectivity index (χ0n) is 11.7. The maximum absolute atomic E-state index is 12.1. The summed E-state index contributed by atoms with van der Waals surface area (Å²) in [5.41, 5.74) is 0.0894. The van der Waals surface area contributed by atoms with E-state index in [9.17, 15) is 9.59 Å². The number of Topliss-reactive ketones (excluding diaryl/α,β-unsaturated/α-hetero) is 1. The highest BCUT2D eigenvalue weighted by Crippen LogP contribution is 2.22. The molecule has 0 N–H and O–H groups in total. The van der Waals surface area contributed by atoms with E-state index in [0.717, 1.165) is 0 Å². The van der Waals surface area contributed by atoms with Gasteiger partial charge in [-0.05, 0) is 20.8 Å². The molecule has 0 saturated carbocycles. The van der Waals surface area contributed by atoms with Crippen molar-refractivity contribution < 1.29 is 14.3 Å². The molecule has 6 heteroatoms. The normalized spacial score (nSPS) is 16.1. The quantitative estimate of drug-likeness (QED) is 0.760. The van der Waals surface area contributed by atoms with Gasteiger partial charge < -0.3 is 9.64 Å². The molecule has 0 unspecified atom stereocenters. The van der Waals surface area contributed by atoms with Crippen LogP contribution in [0.1, 0.15) is 31.1 Å². The molecule has 1 fully saturated rings. The Morgan fingerprint density at radius 2 is 2.00 bits per heavy atom. The smallest absolute Gasteiger partial charge is 0.410 e. The van der Waals surface area contributed by atoms with Gasteiger partial charge in [0.2, 0.25) is 0 Å². The number of hydrogen-bond acceptors (Lipinski definition) is 4. The Bertz CT molecular complexity index is 495. The third kappa shape index (κ3) is 3.13. The summed E-state index contributed by atoms with van der Waals surface area (Å²) in [6.45, 7) is 6.31. The van der Waals surface area contributed by atoms with Gasteiger partial charge in [0.15, 0.2) is 5.78 Å². The number of nitrogens with zero attached hydrogens (tertiary/aromatic N) is 3. The predicted octanol–water partition coefficient (Wildman–Crippen LogP) is 1.47. The Labute approximate surface area is 112 Å². The Morgan fingerprint density at radius 1 is 1.37 bits per heavy atom. The van der Waals surface area contributed by atoms with Crippen LogP contribution in [0.4, 0.5) is 4.79 Å². The van der Waals surface area contributed by atoms with Gasteiger partial charge in [0.1, 0.15) is 5.60 Å². The van der Waals surface area contributed by atoms with Crippen molar-refractivity contribution in [3.63, 3.8) is 0 Å². The van der Waals surface area contributed by atoms with Crippen LogP contribution in [-0.4, -0.2) is 45.2 Å². The number of carbonyl (C=O) groups excluding carboxylic acids is 2. The minimum Gasteiger partial charge on any atom is -0.444 e. The minimum absolute atomic E-state index is 0.0351. The lowest BCUT2D eigenvalue weighted by Crippen LogP contribution is -2.54. The highest BCUT2D eigenvalue weighted by Gasteiger charge is 2.38. The molecule has 1 aromatic heterocycles. The van der Waals surface area contributed by atoms with Gasteiger partial charge in [-0.2, -0.15) is 5.10 Å². The fourth-order valence-electron chi connectivity index (χ4n) is 1.90. The molecule has 1 amide bonds. The van der Waals surface area contributed by atoms with E-state index in [-0.39, 0.29) is 17.8 Å². The molecule has 6 nitrogen and oxygen atoms in total. The van der Waals surface area contributed by atoms with Crippen molar-refractivity contribution in [2.45, 2.75) is 26.4 Å². The van der Waals surface area contributed by atoms with E-state index in [1.165, 1.54) is 0 Å². The molecule has 0 aromatic carbocycles. The fourth-order valence-corrected chi connectivity index (χ4v) is 1.90. The maximum atomic E-state index is 12.1. The Balaban J connectivity index is 1.86. The second-order valence-electron chi connectivity index (χ2n) is 5.85.